The van der Waals surface area contributed by atoms with Crippen LogP contribution in [0, 0.1) is 3.57 Å². The third kappa shape index (κ3) is 9.68. The van der Waals surface area contributed by atoms with Crippen LogP contribution in [0.25, 0.3) is 76.5 Å². The molecule has 0 N–H and O–H groups in total. The maximum Gasteiger partial charge on any atom is 0.453 e. The number of benzene rings is 8. The molecule has 0 bridgehead atoms. The van der Waals surface area contributed by atoms with Crippen LogP contribution in [0.4, 0.5) is 0 Å². The van der Waals surface area contributed by atoms with Crippen LogP contribution in [-0.2, 0) is 17.3 Å². The van der Waals surface area contributed by atoms with Crippen molar-refractivity contribution in [1.29, 1.82) is 0 Å². The average Bonchev–Trinajstić information content (AvgIpc) is 3.64. The van der Waals surface area contributed by atoms with Gasteiger partial charge in [0.25, 0.3) is 0 Å². The number of methoxy groups -OCH3 is 4. The van der Waals surface area contributed by atoms with Gasteiger partial charge in [-0.05, 0) is 134 Å². The van der Waals surface area contributed by atoms with Gasteiger partial charge in [0.15, 0.2) is 5.75 Å². The van der Waals surface area contributed by atoms with Gasteiger partial charge in [-0.15, -0.1) is 0 Å². The largest absolute Gasteiger partial charge is 0.497 e. The van der Waals surface area contributed by atoms with E-state index in [2.05, 4.69) is 114 Å². The van der Waals surface area contributed by atoms with Crippen LogP contribution in [0.5, 0.6) is 34.5 Å². The molecule has 0 saturated carbocycles. The van der Waals surface area contributed by atoms with Gasteiger partial charge >= 0.3 is 16.5 Å². The lowest BCUT2D eigenvalue weighted by molar-refractivity contribution is 0.411. The molecule has 2 aromatic heterocycles. The first-order valence-corrected chi connectivity index (χ1v) is 27.6. The standard InChI is InChI=1S/C60H59IO10P2/c1-12-13-18-37-27-38(62-8)28-44(55(37)68-72-66-51-25-23-35-19-14-16-21-42(35)53(51)46-30-39(63-9)32-48(56(46)69-72)59(2,3)4)45-29-41(65-11)34-50(61)58(45)71-73-67-52-26-24-36-20-15-17-22-43(36)54(52)47-31-40(64-10)33-49(57(47)70-73)60(5,6)7/h14-17,19-34H,12-13,18H2,1-11H3. The van der Waals surface area contributed by atoms with E-state index in [-0.39, 0.29) is 10.8 Å². The Balaban J connectivity index is 1.26. The normalized spacial score (nSPS) is 12.5. The van der Waals surface area contributed by atoms with E-state index >= 15 is 0 Å². The highest BCUT2D eigenvalue weighted by molar-refractivity contribution is 14.1. The van der Waals surface area contributed by atoms with Gasteiger partial charge in [-0.2, -0.15) is 0 Å². The highest BCUT2D eigenvalue weighted by Crippen LogP contribution is 2.53. The summed E-state index contributed by atoms with van der Waals surface area (Å²) in [5.41, 5.74) is 6.05. The molecule has 10 aromatic rings. The molecule has 2 atom stereocenters. The molecule has 0 amide bonds. The summed E-state index contributed by atoms with van der Waals surface area (Å²) in [5, 5.41) is 7.69. The van der Waals surface area contributed by atoms with Gasteiger partial charge in [0.2, 0.25) is 0 Å². The van der Waals surface area contributed by atoms with Crippen molar-refractivity contribution in [3.05, 3.63) is 142 Å². The zero-order chi connectivity index (χ0) is 51.3. The Morgan fingerprint density at radius 2 is 0.918 bits per heavy atom. The first-order valence-electron chi connectivity index (χ1n) is 24.4. The van der Waals surface area contributed by atoms with Gasteiger partial charge in [-0.3, -0.25) is 0 Å². The molecule has 0 aliphatic heterocycles. The van der Waals surface area contributed by atoms with Crippen LogP contribution in [-0.4, -0.2) is 28.4 Å². The minimum absolute atomic E-state index is 0.353. The Labute approximate surface area is 440 Å². The molecule has 0 aliphatic rings. The Bertz CT molecular complexity index is 3850. The number of halogens is 1. The fourth-order valence-electron chi connectivity index (χ4n) is 9.52. The molecular formula is C60H59IO10P2. The predicted molar refractivity (Wildman–Crippen MR) is 307 cm³/mol. The number of aryl methyl sites for hydroxylation is 1. The summed E-state index contributed by atoms with van der Waals surface area (Å²) >= 11 is 2.30. The van der Waals surface area contributed by atoms with E-state index < -0.39 is 16.5 Å². The first kappa shape index (κ1) is 50.2. The van der Waals surface area contributed by atoms with Crippen LogP contribution in [0.15, 0.2) is 138 Å². The van der Waals surface area contributed by atoms with Crippen LogP contribution in [0.1, 0.15) is 78.0 Å². The third-order valence-electron chi connectivity index (χ3n) is 13.3. The van der Waals surface area contributed by atoms with E-state index in [0.29, 0.717) is 68.6 Å². The summed E-state index contributed by atoms with van der Waals surface area (Å²) in [6.07, 6.45) is 2.51. The minimum atomic E-state index is -2.18. The van der Waals surface area contributed by atoms with Crippen LogP contribution in [0.3, 0.4) is 0 Å². The Kier molecular flexibility index (Phi) is 13.8. The van der Waals surface area contributed by atoms with Crippen LogP contribution in [0.2, 0.25) is 0 Å². The van der Waals surface area contributed by atoms with Crippen LogP contribution >= 0.6 is 39.1 Å². The van der Waals surface area contributed by atoms with Crippen molar-refractivity contribution in [2.75, 3.05) is 28.4 Å². The molecule has 8 aromatic carbocycles. The SMILES string of the molecule is CCCCc1cc(OC)cc(-c2cc(OC)cc(I)c2Op2oc3ccc4ccccc4c3c3cc(OC)cc(C(C)(C)C)c3o2)c1Op1oc2ccc3ccccc3c2c2cc(OC)cc(C(C)(C)C)c2o1. The van der Waals surface area contributed by atoms with Crippen LogP contribution < -0.4 is 28.0 Å². The number of rotatable bonds is 12. The van der Waals surface area contributed by atoms with E-state index in [4.69, 9.17) is 44.8 Å². The van der Waals surface area contributed by atoms with Crippen molar-refractivity contribution in [1.82, 2.24) is 0 Å². The molecule has 0 radical (unpaired) electrons. The van der Waals surface area contributed by atoms with E-state index in [9.17, 15) is 0 Å². The lowest BCUT2D eigenvalue weighted by Crippen LogP contribution is -2.11. The van der Waals surface area contributed by atoms with Gasteiger partial charge < -0.3 is 44.8 Å². The molecule has 10 rings (SSSR count). The van der Waals surface area contributed by atoms with Crippen molar-refractivity contribution >= 4 is 104 Å². The quantitative estimate of drug-likeness (QED) is 0.110. The van der Waals surface area contributed by atoms with E-state index in [1.165, 1.54) is 0 Å². The number of hydrogen-bond donors (Lipinski definition) is 0. The topological polar surface area (TPSA) is 108 Å². The lowest BCUT2D eigenvalue weighted by atomic mass is 9.85. The fraction of sp³-hybridized carbons (Fsp3) is 0.267. The van der Waals surface area contributed by atoms with E-state index in [1.54, 1.807) is 28.4 Å². The summed E-state index contributed by atoms with van der Waals surface area (Å²) in [7, 11) is 2.35. The van der Waals surface area contributed by atoms with Crippen molar-refractivity contribution < 1.29 is 44.8 Å². The third-order valence-corrected chi connectivity index (χ3v) is 16.1. The Morgan fingerprint density at radius 3 is 1.38 bits per heavy atom. The van der Waals surface area contributed by atoms with Gasteiger partial charge in [0.05, 0.1) is 32.0 Å². The summed E-state index contributed by atoms with van der Waals surface area (Å²) in [4.78, 5) is 0. The van der Waals surface area contributed by atoms with Crippen molar-refractivity contribution in [3.63, 3.8) is 0 Å². The maximum absolute atomic E-state index is 7.35. The molecule has 2 unspecified atom stereocenters. The van der Waals surface area contributed by atoms with Crippen molar-refractivity contribution in [2.45, 2.75) is 78.6 Å². The highest BCUT2D eigenvalue weighted by atomic mass is 127. The molecule has 10 nitrogen and oxygen atoms in total. The second-order valence-electron chi connectivity index (χ2n) is 20.2. The van der Waals surface area contributed by atoms with Crippen molar-refractivity contribution in [2.24, 2.45) is 0 Å². The van der Waals surface area contributed by atoms with Crippen molar-refractivity contribution in [3.8, 4) is 45.6 Å². The van der Waals surface area contributed by atoms with E-state index in [0.717, 1.165) is 81.9 Å². The minimum Gasteiger partial charge on any atom is -0.497 e. The second kappa shape index (κ2) is 20.1. The molecule has 0 fully saturated rings. The van der Waals surface area contributed by atoms with Gasteiger partial charge in [-0.1, -0.05) is 116 Å². The zero-order valence-electron chi connectivity index (χ0n) is 43.0. The maximum atomic E-state index is 7.35. The second-order valence-corrected chi connectivity index (χ2v) is 23.3. The lowest BCUT2D eigenvalue weighted by Gasteiger charge is -2.21. The first-order chi connectivity index (χ1) is 35.1. The Morgan fingerprint density at radius 1 is 0.479 bits per heavy atom. The average molecular weight is 1130 g/mol. The predicted octanol–water partition coefficient (Wildman–Crippen LogP) is 19.1. The number of fused-ring (bicyclic) bond motifs is 10. The molecule has 2 heterocycles. The number of ether oxygens (including phenoxy) is 4. The Hall–Kier alpha value is -6.39. The van der Waals surface area contributed by atoms with Gasteiger partial charge in [0, 0.05) is 43.8 Å². The smallest absolute Gasteiger partial charge is 0.453 e. The van der Waals surface area contributed by atoms with Gasteiger partial charge in [0.1, 0.15) is 51.1 Å². The summed E-state index contributed by atoms with van der Waals surface area (Å²) in [6, 6.07) is 40.8. The summed E-state index contributed by atoms with van der Waals surface area (Å²) in [6.45, 7) is 15.2. The molecule has 0 saturated heterocycles. The molecule has 376 valence electrons. The monoisotopic (exact) mass is 1130 g/mol. The van der Waals surface area contributed by atoms with E-state index in [1.807, 2.05) is 78.9 Å². The zero-order valence-corrected chi connectivity index (χ0v) is 47.0. The van der Waals surface area contributed by atoms with Gasteiger partial charge in [-0.25, -0.2) is 0 Å². The number of hydrogen-bond acceptors (Lipinski definition) is 10. The fourth-order valence-corrected chi connectivity index (χ4v) is 12.7. The summed E-state index contributed by atoms with van der Waals surface area (Å²) in [5.74, 6) is 3.75. The molecule has 73 heavy (non-hydrogen) atoms. The summed E-state index contributed by atoms with van der Waals surface area (Å²) < 4.78 is 67.6. The molecular weight excluding hydrogens is 1070 g/mol. The number of unbranched alkanes of at least 4 members (excludes halogenated alkanes) is 1. The molecule has 0 aliphatic carbocycles. The highest BCUT2D eigenvalue weighted by Gasteiger charge is 2.28. The molecule has 13 heteroatoms. The molecule has 0 spiro atoms.